The molecule has 0 aliphatic heterocycles. The van der Waals surface area contributed by atoms with Crippen LogP contribution in [0.15, 0.2) is 16.9 Å². The van der Waals surface area contributed by atoms with Crippen molar-refractivity contribution in [3.8, 4) is 0 Å². The van der Waals surface area contributed by atoms with Crippen LogP contribution in [0.2, 0.25) is 5.15 Å². The molecule has 0 aliphatic rings. The molecule has 9 heavy (non-hydrogen) atoms. The first-order chi connectivity index (χ1) is 4.20. The van der Waals surface area contributed by atoms with Crippen LogP contribution < -0.4 is 10.4 Å². The van der Waals surface area contributed by atoms with E-state index in [1.165, 1.54) is 12.1 Å². The van der Waals surface area contributed by atoms with Crippen LogP contribution >= 0.6 is 11.6 Å². The van der Waals surface area contributed by atoms with Crippen LogP contribution in [0.25, 0.3) is 0 Å². The molecule has 0 saturated heterocycles. The maximum Gasteiger partial charge on any atom is 0.311 e. The van der Waals surface area contributed by atoms with Gasteiger partial charge in [-0.3, -0.25) is 4.79 Å². The molecule has 0 fully saturated rings. The second kappa shape index (κ2) is 2.06. The molecule has 4 nitrogen and oxygen atoms in total. The summed E-state index contributed by atoms with van der Waals surface area (Å²) >= 11 is 5.26. The summed E-state index contributed by atoms with van der Waals surface area (Å²) < 4.78 is 0. The average molecular weight is 147 g/mol. The van der Waals surface area contributed by atoms with Crippen LogP contribution in [-0.4, -0.2) is 5.10 Å². The van der Waals surface area contributed by atoms with Crippen LogP contribution in [-0.2, 0) is 0 Å². The van der Waals surface area contributed by atoms with E-state index in [0.717, 1.165) is 0 Å². The van der Waals surface area contributed by atoms with E-state index in [1.807, 2.05) is 5.10 Å². The van der Waals surface area contributed by atoms with Crippen molar-refractivity contribution < 1.29 is 4.85 Å². The van der Waals surface area contributed by atoms with E-state index in [9.17, 15) is 10.0 Å². The zero-order valence-corrected chi connectivity index (χ0v) is 5.05. The Bertz CT molecular complexity index is 270. The molecule has 1 heterocycles. The molecule has 1 aromatic heterocycles. The Morgan fingerprint density at radius 2 is 2.33 bits per heavy atom. The average Bonchev–Trinajstić information content (AvgIpc) is 1.80. The number of hydrogen-bond donors (Lipinski definition) is 1. The molecule has 0 aliphatic carbocycles. The quantitative estimate of drug-likeness (QED) is 0.402. The van der Waals surface area contributed by atoms with Gasteiger partial charge in [-0.25, -0.2) is 0 Å². The fourth-order valence-electron chi connectivity index (χ4n) is 0.403. The fraction of sp³-hybridized carbons (Fsp3) is 0. The molecule has 0 aromatic carbocycles. The number of nitrogens with zero attached hydrogens (tertiary/aromatic N) is 1. The first-order valence-corrected chi connectivity index (χ1v) is 2.56. The molecule has 0 bridgehead atoms. The molecule has 0 unspecified atom stereocenters. The summed E-state index contributed by atoms with van der Waals surface area (Å²) in [4.78, 5) is 10.5. The van der Waals surface area contributed by atoms with Gasteiger partial charge < -0.3 is 5.21 Å². The summed E-state index contributed by atoms with van der Waals surface area (Å²) in [5.74, 6) is 0. The third-order valence-electron chi connectivity index (χ3n) is 0.778. The predicted molar refractivity (Wildman–Crippen MR) is 31.0 cm³/mol. The van der Waals surface area contributed by atoms with Crippen LogP contribution in [0.3, 0.4) is 0 Å². The van der Waals surface area contributed by atoms with Crippen molar-refractivity contribution in [2.45, 2.75) is 0 Å². The lowest BCUT2D eigenvalue weighted by Gasteiger charge is -1.92. The number of aromatic amines is 1. The van der Waals surface area contributed by atoms with Gasteiger partial charge >= 0.3 is 5.15 Å². The smallest absolute Gasteiger partial charge is 0.311 e. The van der Waals surface area contributed by atoms with Gasteiger partial charge in [0.25, 0.3) is 5.56 Å². The zero-order chi connectivity index (χ0) is 6.85. The second-order valence-electron chi connectivity index (χ2n) is 1.43. The number of aromatic nitrogens is 2. The lowest BCUT2D eigenvalue weighted by molar-refractivity contribution is -0.668. The lowest BCUT2D eigenvalue weighted by atomic mass is 10.6. The van der Waals surface area contributed by atoms with E-state index in [1.54, 1.807) is 0 Å². The van der Waals surface area contributed by atoms with Crippen molar-refractivity contribution >= 4 is 11.6 Å². The molecule has 0 saturated carbocycles. The third kappa shape index (κ3) is 1.20. The Hall–Kier alpha value is -1.03. The minimum atomic E-state index is -0.464. The van der Waals surface area contributed by atoms with Gasteiger partial charge in [0.1, 0.15) is 0 Å². The minimum absolute atomic E-state index is 0.0467. The molecule has 48 valence electrons. The minimum Gasteiger partial charge on any atom is -0.595 e. The van der Waals surface area contributed by atoms with Crippen molar-refractivity contribution in [3.63, 3.8) is 0 Å². The van der Waals surface area contributed by atoms with E-state index in [0.29, 0.717) is 0 Å². The fourth-order valence-corrected chi connectivity index (χ4v) is 0.508. The van der Waals surface area contributed by atoms with Crippen molar-refractivity contribution in [1.82, 2.24) is 5.10 Å². The van der Waals surface area contributed by atoms with Crippen LogP contribution in [0.4, 0.5) is 0 Å². The zero-order valence-electron chi connectivity index (χ0n) is 4.30. The summed E-state index contributed by atoms with van der Waals surface area (Å²) in [6, 6.07) is 2.41. The Kier molecular flexibility index (Phi) is 1.40. The van der Waals surface area contributed by atoms with Crippen molar-refractivity contribution in [2.75, 3.05) is 0 Å². The lowest BCUT2D eigenvalue weighted by Crippen LogP contribution is -2.37. The number of halogens is 1. The summed E-state index contributed by atoms with van der Waals surface area (Å²) in [5.41, 5.74) is -0.464. The van der Waals surface area contributed by atoms with E-state index in [4.69, 9.17) is 11.6 Å². The van der Waals surface area contributed by atoms with E-state index in [2.05, 4.69) is 0 Å². The van der Waals surface area contributed by atoms with Crippen molar-refractivity contribution in [1.29, 1.82) is 0 Å². The maximum atomic E-state index is 10.4. The predicted octanol–water partition coefficient (Wildman–Crippen LogP) is -0.338. The largest absolute Gasteiger partial charge is 0.595 e. The topological polar surface area (TPSA) is 59.8 Å². The maximum absolute atomic E-state index is 10.4. The summed E-state index contributed by atoms with van der Waals surface area (Å²) in [6.45, 7) is 0. The van der Waals surface area contributed by atoms with Crippen LogP contribution in [0, 0.1) is 5.21 Å². The van der Waals surface area contributed by atoms with E-state index >= 15 is 0 Å². The van der Waals surface area contributed by atoms with Crippen molar-refractivity contribution in [3.05, 3.63) is 32.8 Å². The highest BCUT2D eigenvalue weighted by atomic mass is 35.5. The number of H-pyrrole nitrogens is 1. The Balaban J connectivity index is 3.34. The first-order valence-electron chi connectivity index (χ1n) is 2.18. The molecule has 0 spiro atoms. The van der Waals surface area contributed by atoms with Gasteiger partial charge in [0.2, 0.25) is 0 Å². The third-order valence-corrected chi connectivity index (χ3v) is 1.06. The first kappa shape index (κ1) is 6.10. The summed E-state index contributed by atoms with van der Waals surface area (Å²) in [7, 11) is 0. The molecule has 1 N–H and O–H groups in total. The number of rotatable bonds is 0. The molecule has 1 rings (SSSR count). The van der Waals surface area contributed by atoms with Gasteiger partial charge in [0.05, 0.1) is 0 Å². The van der Waals surface area contributed by atoms with Gasteiger partial charge in [0.15, 0.2) is 0 Å². The molecule has 5 heteroatoms. The second-order valence-corrected chi connectivity index (χ2v) is 1.81. The molecule has 0 amide bonds. The number of nitrogens with one attached hydrogen (secondary N) is 1. The van der Waals surface area contributed by atoms with Crippen molar-refractivity contribution in [2.24, 2.45) is 0 Å². The molecule has 0 radical (unpaired) electrons. The van der Waals surface area contributed by atoms with E-state index in [-0.39, 0.29) is 10.00 Å². The van der Waals surface area contributed by atoms with E-state index < -0.39 is 5.56 Å². The standard InChI is InChI=1S/C4H3ClN2O2/c5-3-1-2-4(8)6-7(3)9/h1-2H,(H,6,8). The molecule has 0 atom stereocenters. The van der Waals surface area contributed by atoms with Crippen LogP contribution in [0.5, 0.6) is 0 Å². The highest BCUT2D eigenvalue weighted by Crippen LogP contribution is 1.92. The van der Waals surface area contributed by atoms with Gasteiger partial charge in [-0.2, -0.15) is 0 Å². The van der Waals surface area contributed by atoms with Gasteiger partial charge in [-0.1, -0.05) is 4.85 Å². The summed E-state index contributed by atoms with van der Waals surface area (Å²) in [5, 5.41) is 12.2. The normalized spacial score (nSPS) is 9.44. The number of hydrogen-bond acceptors (Lipinski definition) is 2. The van der Waals surface area contributed by atoms with Crippen LogP contribution in [0.1, 0.15) is 0 Å². The van der Waals surface area contributed by atoms with Gasteiger partial charge in [-0.15, -0.1) is 5.10 Å². The Morgan fingerprint density at radius 3 is 2.78 bits per heavy atom. The SMILES string of the molecule is O=c1ccc(Cl)[n+]([O-])[nH]1. The Labute approximate surface area is 55.3 Å². The Morgan fingerprint density at radius 1 is 1.67 bits per heavy atom. The molecule has 1 aromatic rings. The van der Waals surface area contributed by atoms with Gasteiger partial charge in [-0.05, 0) is 11.6 Å². The van der Waals surface area contributed by atoms with Gasteiger partial charge in [0, 0.05) is 12.1 Å². The monoisotopic (exact) mass is 146 g/mol. The highest BCUT2D eigenvalue weighted by Gasteiger charge is 1.97. The molecular formula is C4H3ClN2O2. The molecular weight excluding hydrogens is 144 g/mol. The highest BCUT2D eigenvalue weighted by molar-refractivity contribution is 6.28. The summed E-state index contributed by atoms with van der Waals surface area (Å²) in [6.07, 6.45) is 0.